The fourth-order valence-electron chi connectivity index (χ4n) is 1.93. The highest BCUT2D eigenvalue weighted by Gasteiger charge is 2.58. The third-order valence-corrected chi connectivity index (χ3v) is 2.69. The molecular formula is C8H13NO4. The molecule has 0 spiro atoms. The number of carboxylic acid groups (broad SMARTS) is 2. The van der Waals surface area contributed by atoms with Crippen LogP contribution in [0.25, 0.3) is 0 Å². The van der Waals surface area contributed by atoms with Crippen molar-refractivity contribution in [1.82, 2.24) is 0 Å². The van der Waals surface area contributed by atoms with Gasteiger partial charge in [-0.05, 0) is 5.92 Å². The van der Waals surface area contributed by atoms with Gasteiger partial charge in [0.05, 0.1) is 5.92 Å². The van der Waals surface area contributed by atoms with Gasteiger partial charge in [-0.1, -0.05) is 13.3 Å². The Labute approximate surface area is 75.5 Å². The molecular weight excluding hydrogens is 174 g/mol. The number of hydrogen-bond donors (Lipinski definition) is 3. The van der Waals surface area contributed by atoms with Crippen LogP contribution in [0.3, 0.4) is 0 Å². The second kappa shape index (κ2) is 3.33. The summed E-state index contributed by atoms with van der Waals surface area (Å²) in [5.41, 5.74) is 5.35. The maximum atomic E-state index is 10.6. The molecule has 5 heteroatoms. The van der Waals surface area contributed by atoms with Gasteiger partial charge in [0, 0.05) is 5.92 Å². The number of rotatable bonds is 4. The molecule has 0 aromatic heterocycles. The second-order valence-electron chi connectivity index (χ2n) is 3.38. The summed E-state index contributed by atoms with van der Waals surface area (Å²) in [7, 11) is 0. The Morgan fingerprint density at radius 3 is 2.23 bits per heavy atom. The van der Waals surface area contributed by atoms with E-state index >= 15 is 0 Å². The standard InChI is InChI=1S/C8H13NO4/c1-2-3-4(5(3)7(10)11)6(9)8(12)13/h3-6H,2,9H2,1H3,(H,10,11)(H,12,13)/t3-,4-,5-,6-/m0/s1. The maximum absolute atomic E-state index is 10.6. The Morgan fingerprint density at radius 1 is 1.46 bits per heavy atom. The maximum Gasteiger partial charge on any atom is 0.320 e. The van der Waals surface area contributed by atoms with Crippen LogP contribution in [0.4, 0.5) is 0 Å². The summed E-state index contributed by atoms with van der Waals surface area (Å²) in [5, 5.41) is 17.3. The van der Waals surface area contributed by atoms with E-state index in [0.29, 0.717) is 6.42 Å². The molecule has 5 nitrogen and oxygen atoms in total. The van der Waals surface area contributed by atoms with Crippen molar-refractivity contribution < 1.29 is 19.8 Å². The van der Waals surface area contributed by atoms with Crippen molar-refractivity contribution in [2.24, 2.45) is 23.5 Å². The molecule has 0 heterocycles. The average Bonchev–Trinajstić information content (AvgIpc) is 2.76. The van der Waals surface area contributed by atoms with Crippen molar-refractivity contribution >= 4 is 11.9 Å². The minimum absolute atomic E-state index is 0.0661. The number of nitrogens with two attached hydrogens (primary N) is 1. The summed E-state index contributed by atoms with van der Waals surface area (Å²) < 4.78 is 0. The second-order valence-corrected chi connectivity index (χ2v) is 3.38. The van der Waals surface area contributed by atoms with Gasteiger partial charge in [-0.2, -0.15) is 0 Å². The lowest BCUT2D eigenvalue weighted by Gasteiger charge is -2.03. The smallest absolute Gasteiger partial charge is 0.320 e. The van der Waals surface area contributed by atoms with Gasteiger partial charge in [0.25, 0.3) is 0 Å². The zero-order chi connectivity index (χ0) is 10.2. The predicted molar refractivity (Wildman–Crippen MR) is 44.0 cm³/mol. The molecule has 0 aromatic rings. The lowest BCUT2D eigenvalue weighted by atomic mass is 10.1. The van der Waals surface area contributed by atoms with Crippen LogP contribution in [0.2, 0.25) is 0 Å². The third-order valence-electron chi connectivity index (χ3n) is 2.69. The predicted octanol–water partition coefficient (Wildman–Crippen LogP) is -0.245. The van der Waals surface area contributed by atoms with Gasteiger partial charge in [0.2, 0.25) is 0 Å². The molecule has 74 valence electrons. The first-order chi connectivity index (χ1) is 6.00. The Balaban J connectivity index is 2.63. The first-order valence-electron chi connectivity index (χ1n) is 4.21. The normalized spacial score (nSPS) is 33.8. The zero-order valence-electron chi connectivity index (χ0n) is 7.30. The van der Waals surface area contributed by atoms with Gasteiger partial charge in [-0.15, -0.1) is 0 Å². The lowest BCUT2D eigenvalue weighted by Crippen LogP contribution is -2.34. The molecule has 0 bridgehead atoms. The third kappa shape index (κ3) is 1.65. The Kier molecular flexibility index (Phi) is 2.56. The minimum Gasteiger partial charge on any atom is -0.481 e. The molecule has 1 saturated carbocycles. The highest BCUT2D eigenvalue weighted by atomic mass is 16.4. The summed E-state index contributed by atoms with van der Waals surface area (Å²) in [5.74, 6) is -3.07. The minimum atomic E-state index is -1.12. The van der Waals surface area contributed by atoms with Gasteiger partial charge in [-0.25, -0.2) is 0 Å². The van der Waals surface area contributed by atoms with Crippen molar-refractivity contribution in [3.8, 4) is 0 Å². The molecule has 0 unspecified atom stereocenters. The van der Waals surface area contributed by atoms with Gasteiger partial charge < -0.3 is 15.9 Å². The van der Waals surface area contributed by atoms with Gasteiger partial charge in [0.1, 0.15) is 6.04 Å². The molecule has 0 radical (unpaired) electrons. The number of hydrogen-bond acceptors (Lipinski definition) is 3. The Bertz CT molecular complexity index is 240. The summed E-state index contributed by atoms with van der Waals surface area (Å²) in [4.78, 5) is 21.1. The highest BCUT2D eigenvalue weighted by molar-refractivity contribution is 5.80. The summed E-state index contributed by atoms with van der Waals surface area (Å²) >= 11 is 0. The zero-order valence-corrected chi connectivity index (χ0v) is 7.30. The summed E-state index contributed by atoms with van der Waals surface area (Å²) in [6, 6.07) is -1.04. The van der Waals surface area contributed by atoms with Crippen LogP contribution >= 0.6 is 0 Å². The van der Waals surface area contributed by atoms with E-state index in [2.05, 4.69) is 0 Å². The van der Waals surface area contributed by atoms with E-state index in [1.54, 1.807) is 0 Å². The van der Waals surface area contributed by atoms with Crippen molar-refractivity contribution in [2.75, 3.05) is 0 Å². The number of carboxylic acids is 2. The van der Waals surface area contributed by atoms with Crippen LogP contribution in [0.1, 0.15) is 13.3 Å². The number of carbonyl (C=O) groups is 2. The summed E-state index contributed by atoms with van der Waals surface area (Å²) in [6.45, 7) is 1.84. The fourth-order valence-corrected chi connectivity index (χ4v) is 1.93. The molecule has 1 fully saturated rings. The highest BCUT2D eigenvalue weighted by Crippen LogP contribution is 2.50. The molecule has 4 atom stereocenters. The molecule has 0 amide bonds. The summed E-state index contributed by atoms with van der Waals surface area (Å²) in [6.07, 6.45) is 0.669. The molecule has 4 N–H and O–H groups in total. The van der Waals surface area contributed by atoms with Crippen molar-refractivity contribution in [2.45, 2.75) is 19.4 Å². The molecule has 13 heavy (non-hydrogen) atoms. The quantitative estimate of drug-likeness (QED) is 0.563. The van der Waals surface area contributed by atoms with Gasteiger partial charge in [-0.3, -0.25) is 9.59 Å². The van der Waals surface area contributed by atoms with E-state index in [-0.39, 0.29) is 11.8 Å². The molecule has 1 aliphatic carbocycles. The lowest BCUT2D eigenvalue weighted by molar-refractivity contribution is -0.140. The Morgan fingerprint density at radius 2 is 2.00 bits per heavy atom. The van der Waals surface area contributed by atoms with E-state index in [0.717, 1.165) is 0 Å². The first-order valence-corrected chi connectivity index (χ1v) is 4.21. The van der Waals surface area contributed by atoms with Crippen molar-refractivity contribution in [3.63, 3.8) is 0 Å². The van der Waals surface area contributed by atoms with E-state index < -0.39 is 23.9 Å². The molecule has 0 aromatic carbocycles. The van der Waals surface area contributed by atoms with Crippen LogP contribution in [0.15, 0.2) is 0 Å². The van der Waals surface area contributed by atoms with Crippen LogP contribution in [-0.2, 0) is 9.59 Å². The fraction of sp³-hybridized carbons (Fsp3) is 0.750. The molecule has 0 aliphatic heterocycles. The van der Waals surface area contributed by atoms with E-state index in [9.17, 15) is 9.59 Å². The molecule has 1 aliphatic rings. The molecule has 1 rings (SSSR count). The topological polar surface area (TPSA) is 101 Å². The SMILES string of the molecule is CC[C@@H]1[C@H](C(=O)O)[C@H]1[C@H](N)C(=O)O. The molecule has 0 saturated heterocycles. The van der Waals surface area contributed by atoms with Crippen molar-refractivity contribution in [1.29, 1.82) is 0 Å². The first kappa shape index (κ1) is 9.98. The van der Waals surface area contributed by atoms with Crippen LogP contribution < -0.4 is 5.73 Å². The van der Waals surface area contributed by atoms with Gasteiger partial charge >= 0.3 is 11.9 Å². The largest absolute Gasteiger partial charge is 0.481 e. The van der Waals surface area contributed by atoms with Crippen LogP contribution in [0, 0.1) is 17.8 Å². The average molecular weight is 187 g/mol. The Hall–Kier alpha value is -1.10. The van der Waals surface area contributed by atoms with Crippen LogP contribution in [0.5, 0.6) is 0 Å². The van der Waals surface area contributed by atoms with Gasteiger partial charge in [0.15, 0.2) is 0 Å². The van der Waals surface area contributed by atoms with E-state index in [4.69, 9.17) is 15.9 Å². The van der Waals surface area contributed by atoms with Crippen LogP contribution in [-0.4, -0.2) is 28.2 Å². The van der Waals surface area contributed by atoms with E-state index in [1.807, 2.05) is 6.92 Å². The van der Waals surface area contributed by atoms with E-state index in [1.165, 1.54) is 0 Å². The number of aliphatic carboxylic acids is 2. The monoisotopic (exact) mass is 187 g/mol. The van der Waals surface area contributed by atoms with Crippen molar-refractivity contribution in [3.05, 3.63) is 0 Å².